The third-order valence-corrected chi connectivity index (χ3v) is 2.76. The summed E-state index contributed by atoms with van der Waals surface area (Å²) in [5.74, 6) is -0.658. The molecule has 0 aliphatic carbocycles. The van der Waals surface area contributed by atoms with Gasteiger partial charge in [-0.2, -0.15) is 10.1 Å². The van der Waals surface area contributed by atoms with Gasteiger partial charge in [0.05, 0.1) is 5.56 Å². The second kappa shape index (κ2) is 4.56. The minimum absolute atomic E-state index is 0.227. The molecule has 2 aromatic rings. The molecular formula is C9H6FIN4O. The van der Waals surface area contributed by atoms with Crippen LogP contribution >= 0.6 is 22.6 Å². The molecule has 0 radical (unpaired) electrons. The van der Waals surface area contributed by atoms with Gasteiger partial charge in [-0.05, 0) is 40.8 Å². The second-order valence-electron chi connectivity index (χ2n) is 2.91. The molecule has 0 atom stereocenters. The fourth-order valence-corrected chi connectivity index (χ4v) is 1.69. The quantitative estimate of drug-likeness (QED) is 0.824. The molecule has 1 amide bonds. The Kier molecular flexibility index (Phi) is 3.13. The summed E-state index contributed by atoms with van der Waals surface area (Å²) >= 11 is 1.96. The molecule has 0 bridgehead atoms. The van der Waals surface area contributed by atoms with E-state index in [1.807, 2.05) is 22.6 Å². The molecule has 0 aliphatic heterocycles. The van der Waals surface area contributed by atoms with E-state index in [-0.39, 0.29) is 11.5 Å². The van der Waals surface area contributed by atoms with Crippen molar-refractivity contribution >= 4 is 34.4 Å². The lowest BCUT2D eigenvalue weighted by molar-refractivity contribution is 0.102. The van der Waals surface area contributed by atoms with E-state index in [4.69, 9.17) is 0 Å². The van der Waals surface area contributed by atoms with Crippen molar-refractivity contribution in [3.63, 3.8) is 0 Å². The molecule has 7 heteroatoms. The number of nitrogens with one attached hydrogen (secondary N) is 2. The zero-order chi connectivity index (χ0) is 11.5. The van der Waals surface area contributed by atoms with Gasteiger partial charge in [-0.1, -0.05) is 0 Å². The normalized spacial score (nSPS) is 10.1. The predicted molar refractivity (Wildman–Crippen MR) is 63.5 cm³/mol. The van der Waals surface area contributed by atoms with Crippen molar-refractivity contribution in [1.82, 2.24) is 15.2 Å². The molecule has 5 nitrogen and oxygen atoms in total. The van der Waals surface area contributed by atoms with Gasteiger partial charge in [0.25, 0.3) is 5.91 Å². The van der Waals surface area contributed by atoms with Gasteiger partial charge in [-0.15, -0.1) is 0 Å². The zero-order valence-electron chi connectivity index (χ0n) is 7.87. The van der Waals surface area contributed by atoms with E-state index in [0.29, 0.717) is 3.57 Å². The Labute approximate surface area is 104 Å². The summed E-state index contributed by atoms with van der Waals surface area (Å²) in [6, 6.07) is 4.01. The van der Waals surface area contributed by atoms with Gasteiger partial charge in [-0.25, -0.2) is 9.49 Å². The molecule has 0 fully saturated rings. The Balaban J connectivity index is 2.24. The van der Waals surface area contributed by atoms with Crippen molar-refractivity contribution < 1.29 is 9.18 Å². The van der Waals surface area contributed by atoms with Crippen molar-refractivity contribution in [1.29, 1.82) is 0 Å². The Hall–Kier alpha value is -1.51. The number of carbonyl (C=O) groups excluding carboxylic acids is 1. The minimum atomic E-state index is -0.455. The molecule has 1 heterocycles. The van der Waals surface area contributed by atoms with Gasteiger partial charge in [0, 0.05) is 3.57 Å². The number of nitrogens with zero attached hydrogens (tertiary/aromatic N) is 2. The number of hydrogen-bond acceptors (Lipinski definition) is 3. The van der Waals surface area contributed by atoms with Crippen molar-refractivity contribution in [3.05, 3.63) is 39.5 Å². The van der Waals surface area contributed by atoms with Crippen LogP contribution in [0.3, 0.4) is 0 Å². The summed E-state index contributed by atoms with van der Waals surface area (Å²) in [5, 5.41) is 8.53. The topological polar surface area (TPSA) is 70.7 Å². The molecule has 1 aromatic heterocycles. The lowest BCUT2D eigenvalue weighted by atomic mass is 10.2. The fourth-order valence-electron chi connectivity index (χ4n) is 1.11. The van der Waals surface area contributed by atoms with E-state index in [1.165, 1.54) is 24.5 Å². The van der Waals surface area contributed by atoms with Gasteiger partial charge in [0.15, 0.2) is 0 Å². The first kappa shape index (κ1) is 11.0. The number of amides is 1. The summed E-state index contributed by atoms with van der Waals surface area (Å²) in [4.78, 5) is 15.5. The molecule has 2 N–H and O–H groups in total. The molecule has 0 saturated carbocycles. The maximum Gasteiger partial charge on any atom is 0.259 e. The van der Waals surface area contributed by atoms with E-state index in [2.05, 4.69) is 20.5 Å². The number of halogens is 2. The van der Waals surface area contributed by atoms with E-state index >= 15 is 0 Å². The smallest absolute Gasteiger partial charge is 0.259 e. The third-order valence-electron chi connectivity index (χ3n) is 1.82. The number of aromatic amines is 1. The van der Waals surface area contributed by atoms with Crippen molar-refractivity contribution in [2.24, 2.45) is 0 Å². The molecule has 2 rings (SSSR count). The summed E-state index contributed by atoms with van der Waals surface area (Å²) in [7, 11) is 0. The molecule has 1 aromatic carbocycles. The Morgan fingerprint density at radius 3 is 3.00 bits per heavy atom. The minimum Gasteiger partial charge on any atom is -0.291 e. The van der Waals surface area contributed by atoms with E-state index in [9.17, 15) is 9.18 Å². The highest BCUT2D eigenvalue weighted by Gasteiger charge is 2.12. The highest BCUT2D eigenvalue weighted by atomic mass is 127. The monoisotopic (exact) mass is 332 g/mol. The maximum atomic E-state index is 13.0. The van der Waals surface area contributed by atoms with Crippen LogP contribution in [0.25, 0.3) is 0 Å². The number of carbonyl (C=O) groups is 1. The van der Waals surface area contributed by atoms with Crippen molar-refractivity contribution in [2.45, 2.75) is 0 Å². The van der Waals surface area contributed by atoms with Crippen LogP contribution in [0.2, 0.25) is 0 Å². The first-order valence-corrected chi connectivity index (χ1v) is 5.36. The fraction of sp³-hybridized carbons (Fsp3) is 0. The second-order valence-corrected chi connectivity index (χ2v) is 4.07. The van der Waals surface area contributed by atoms with E-state index in [0.717, 1.165) is 0 Å². The van der Waals surface area contributed by atoms with Crippen molar-refractivity contribution in [2.75, 3.05) is 5.32 Å². The first-order valence-electron chi connectivity index (χ1n) is 4.28. The highest BCUT2D eigenvalue weighted by molar-refractivity contribution is 14.1. The average molecular weight is 332 g/mol. The van der Waals surface area contributed by atoms with Crippen LogP contribution in [0.15, 0.2) is 24.5 Å². The summed E-state index contributed by atoms with van der Waals surface area (Å²) < 4.78 is 13.6. The van der Waals surface area contributed by atoms with Gasteiger partial charge < -0.3 is 0 Å². The number of H-pyrrole nitrogens is 1. The van der Waals surface area contributed by atoms with E-state index in [1.54, 1.807) is 0 Å². The Bertz CT molecular complexity index is 514. The van der Waals surface area contributed by atoms with Crippen LogP contribution in [0, 0.1) is 9.39 Å². The molecule has 82 valence electrons. The van der Waals surface area contributed by atoms with Crippen LogP contribution in [-0.2, 0) is 0 Å². The van der Waals surface area contributed by atoms with Crippen LogP contribution in [0.5, 0.6) is 0 Å². The number of benzene rings is 1. The highest BCUT2D eigenvalue weighted by Crippen LogP contribution is 2.14. The average Bonchev–Trinajstić information content (AvgIpc) is 2.74. The molecular weight excluding hydrogens is 326 g/mol. The van der Waals surface area contributed by atoms with Gasteiger partial charge in [-0.3, -0.25) is 10.1 Å². The SMILES string of the molecule is O=C(Nc1ncn[nH]1)c1cc(F)ccc1I. The molecule has 0 aliphatic rings. The summed E-state index contributed by atoms with van der Waals surface area (Å²) in [6.07, 6.45) is 1.27. The van der Waals surface area contributed by atoms with Gasteiger partial charge in [0.2, 0.25) is 5.95 Å². The Morgan fingerprint density at radius 2 is 2.31 bits per heavy atom. The van der Waals surface area contributed by atoms with Crippen LogP contribution < -0.4 is 5.32 Å². The Morgan fingerprint density at radius 1 is 1.50 bits per heavy atom. The largest absolute Gasteiger partial charge is 0.291 e. The van der Waals surface area contributed by atoms with Crippen LogP contribution in [0.4, 0.5) is 10.3 Å². The standard InChI is InChI=1S/C9H6FIN4O/c10-5-1-2-7(11)6(3-5)8(16)14-9-12-4-13-15-9/h1-4H,(H2,12,13,14,15,16). The maximum absolute atomic E-state index is 13.0. The van der Waals surface area contributed by atoms with Gasteiger partial charge >= 0.3 is 0 Å². The summed E-state index contributed by atoms with van der Waals surface area (Å²) in [6.45, 7) is 0. The lowest BCUT2D eigenvalue weighted by Crippen LogP contribution is -2.14. The zero-order valence-corrected chi connectivity index (χ0v) is 10.0. The molecule has 16 heavy (non-hydrogen) atoms. The van der Waals surface area contributed by atoms with Crippen LogP contribution in [0.1, 0.15) is 10.4 Å². The first-order chi connectivity index (χ1) is 7.66. The summed E-state index contributed by atoms with van der Waals surface area (Å²) in [5.41, 5.74) is 0.261. The number of rotatable bonds is 2. The van der Waals surface area contributed by atoms with Gasteiger partial charge in [0.1, 0.15) is 12.1 Å². The van der Waals surface area contributed by atoms with Crippen LogP contribution in [-0.4, -0.2) is 21.1 Å². The number of hydrogen-bond donors (Lipinski definition) is 2. The molecule has 0 spiro atoms. The molecule has 0 unspecified atom stereocenters. The lowest BCUT2D eigenvalue weighted by Gasteiger charge is -2.03. The van der Waals surface area contributed by atoms with Crippen molar-refractivity contribution in [3.8, 4) is 0 Å². The third kappa shape index (κ3) is 2.35. The predicted octanol–water partition coefficient (Wildman–Crippen LogP) is 1.80. The molecule has 0 saturated heterocycles. The number of aromatic nitrogens is 3. The number of anilines is 1. The van der Waals surface area contributed by atoms with E-state index < -0.39 is 11.7 Å².